The molecule has 1 unspecified atom stereocenters. The molecule has 0 radical (unpaired) electrons. The Labute approximate surface area is 179 Å². The van der Waals surface area contributed by atoms with E-state index in [2.05, 4.69) is 16.9 Å². The lowest BCUT2D eigenvalue weighted by atomic mass is 9.95. The highest BCUT2D eigenvalue weighted by molar-refractivity contribution is 7.71. The Morgan fingerprint density at radius 2 is 2.03 bits per heavy atom. The summed E-state index contributed by atoms with van der Waals surface area (Å²) in [5, 5.41) is 0. The fourth-order valence-corrected chi connectivity index (χ4v) is 4.68. The fraction of sp³-hybridized carbons (Fsp3) is 0.550. The zero-order valence-electron chi connectivity index (χ0n) is 16.2. The average Bonchev–Trinajstić information content (AvgIpc) is 3.38. The Kier molecular flexibility index (Phi) is 7.09. The summed E-state index contributed by atoms with van der Waals surface area (Å²) in [4.78, 5) is 5.56. The second-order valence-corrected chi connectivity index (χ2v) is 8.11. The number of hydrogen-bond acceptors (Lipinski definition) is 3. The molecule has 1 fully saturated rings. The van der Waals surface area contributed by atoms with E-state index in [1.807, 2.05) is 4.57 Å². The molecule has 0 aliphatic carbocycles. The van der Waals surface area contributed by atoms with E-state index < -0.39 is 23.4 Å². The van der Waals surface area contributed by atoms with E-state index in [1.54, 1.807) is 0 Å². The number of aryl methyl sites for hydroxylation is 1. The lowest BCUT2D eigenvalue weighted by Gasteiger charge is -2.22. The molecule has 29 heavy (non-hydrogen) atoms. The third-order valence-electron chi connectivity index (χ3n) is 5.97. The second kappa shape index (κ2) is 9.20. The summed E-state index contributed by atoms with van der Waals surface area (Å²) in [5.41, 5.74) is 1.82. The first-order valence-corrected chi connectivity index (χ1v) is 10.1. The zero-order chi connectivity index (χ0) is 19.8. The molecule has 1 saturated heterocycles. The maximum atomic E-state index is 14.2. The van der Waals surface area contributed by atoms with Gasteiger partial charge in [-0.3, -0.25) is 0 Å². The smallest absolute Gasteiger partial charge is 0.177 e. The number of benzene rings is 1. The molecule has 0 saturated carbocycles. The molecule has 0 bridgehead atoms. The highest BCUT2D eigenvalue weighted by Crippen LogP contribution is 2.35. The van der Waals surface area contributed by atoms with Crippen molar-refractivity contribution in [2.75, 3.05) is 26.8 Å². The summed E-state index contributed by atoms with van der Waals surface area (Å²) in [7, 11) is 2.11. The van der Waals surface area contributed by atoms with E-state index in [4.69, 9.17) is 17.0 Å². The van der Waals surface area contributed by atoms with Crippen LogP contribution < -0.4 is 0 Å². The fourth-order valence-electron chi connectivity index (χ4n) is 4.37. The molecular weight excluding hydrogens is 423 g/mol. The highest BCUT2D eigenvalue weighted by atomic mass is 35.5. The van der Waals surface area contributed by atoms with Crippen molar-refractivity contribution in [1.29, 1.82) is 0 Å². The molecule has 9 heteroatoms. The second-order valence-electron chi connectivity index (χ2n) is 7.73. The molecule has 2 atom stereocenters. The van der Waals surface area contributed by atoms with Crippen molar-refractivity contribution in [3.8, 4) is 0 Å². The van der Waals surface area contributed by atoms with Gasteiger partial charge in [-0.25, -0.2) is 13.2 Å². The van der Waals surface area contributed by atoms with Crippen LogP contribution in [-0.4, -0.2) is 47.3 Å². The molecule has 1 N–H and O–H groups in total. The van der Waals surface area contributed by atoms with Crippen molar-refractivity contribution >= 4 is 24.6 Å². The van der Waals surface area contributed by atoms with Gasteiger partial charge in [-0.1, -0.05) is 0 Å². The first kappa shape index (κ1) is 22.3. The summed E-state index contributed by atoms with van der Waals surface area (Å²) < 4.78 is 49.9. The first-order chi connectivity index (χ1) is 13.5. The Hall–Kier alpha value is -1.35. The van der Waals surface area contributed by atoms with Crippen molar-refractivity contribution in [2.45, 2.75) is 44.2 Å². The van der Waals surface area contributed by atoms with Crippen molar-refractivity contribution in [3.05, 3.63) is 51.3 Å². The van der Waals surface area contributed by atoms with Gasteiger partial charge in [0.2, 0.25) is 0 Å². The van der Waals surface area contributed by atoms with Gasteiger partial charge in [-0.15, -0.1) is 12.4 Å². The van der Waals surface area contributed by atoms with Crippen molar-refractivity contribution in [1.82, 2.24) is 14.5 Å². The van der Waals surface area contributed by atoms with Gasteiger partial charge in [-0.05, 0) is 63.6 Å². The Balaban J connectivity index is 0.00000240. The van der Waals surface area contributed by atoms with Crippen molar-refractivity contribution in [3.63, 3.8) is 0 Å². The Morgan fingerprint density at radius 1 is 1.28 bits per heavy atom. The van der Waals surface area contributed by atoms with Gasteiger partial charge in [-0.2, -0.15) is 0 Å². The van der Waals surface area contributed by atoms with Gasteiger partial charge in [0.25, 0.3) is 0 Å². The Bertz CT molecular complexity index is 926. The molecule has 0 spiro atoms. The van der Waals surface area contributed by atoms with E-state index in [-0.39, 0.29) is 18.0 Å². The van der Waals surface area contributed by atoms with Crippen LogP contribution >= 0.6 is 24.6 Å². The normalized spacial score (nSPS) is 20.9. The minimum Gasteiger partial charge on any atom is -0.380 e. The SMILES string of the molecule is CN(CCCc1[nH]c(=S)n2c1C[C@H](c1c(F)ccc(F)c1F)C2)C1CCOC1.Cl. The zero-order valence-corrected chi connectivity index (χ0v) is 17.9. The quantitative estimate of drug-likeness (QED) is 0.527. The summed E-state index contributed by atoms with van der Waals surface area (Å²) >= 11 is 5.40. The van der Waals surface area contributed by atoms with Gasteiger partial charge >= 0.3 is 0 Å². The maximum Gasteiger partial charge on any atom is 0.177 e. The largest absolute Gasteiger partial charge is 0.380 e. The van der Waals surface area contributed by atoms with E-state index in [9.17, 15) is 13.2 Å². The predicted octanol–water partition coefficient (Wildman–Crippen LogP) is 4.38. The lowest BCUT2D eigenvalue weighted by molar-refractivity contribution is 0.158. The summed E-state index contributed by atoms with van der Waals surface area (Å²) in [6.45, 7) is 2.91. The molecule has 2 aliphatic heterocycles. The minimum atomic E-state index is -1.09. The average molecular weight is 448 g/mol. The van der Waals surface area contributed by atoms with E-state index >= 15 is 0 Å². The van der Waals surface area contributed by atoms with Gasteiger partial charge in [0.1, 0.15) is 5.82 Å². The molecule has 4 rings (SSSR count). The highest BCUT2D eigenvalue weighted by Gasteiger charge is 2.31. The van der Waals surface area contributed by atoms with E-state index in [0.717, 1.165) is 62.5 Å². The minimum absolute atomic E-state index is 0. The van der Waals surface area contributed by atoms with Crippen LogP contribution in [0.1, 0.15) is 35.7 Å². The number of nitrogens with one attached hydrogen (secondary N) is 1. The lowest BCUT2D eigenvalue weighted by Crippen LogP contribution is -2.32. The number of aromatic nitrogens is 2. The third kappa shape index (κ3) is 4.40. The molecule has 2 aromatic rings. The van der Waals surface area contributed by atoms with Crippen LogP contribution in [0.2, 0.25) is 0 Å². The number of aromatic amines is 1. The number of nitrogens with zero attached hydrogens (tertiary/aromatic N) is 2. The van der Waals surface area contributed by atoms with Crippen LogP contribution in [-0.2, 0) is 24.1 Å². The number of imidazole rings is 1. The van der Waals surface area contributed by atoms with Gasteiger partial charge in [0.15, 0.2) is 16.4 Å². The molecule has 3 heterocycles. The molecule has 4 nitrogen and oxygen atoms in total. The number of fused-ring (bicyclic) bond motifs is 1. The number of hydrogen-bond donors (Lipinski definition) is 1. The predicted molar refractivity (Wildman–Crippen MR) is 110 cm³/mol. The van der Waals surface area contributed by atoms with Crippen LogP contribution in [0.3, 0.4) is 0 Å². The topological polar surface area (TPSA) is 33.2 Å². The van der Waals surface area contributed by atoms with Gasteiger partial charge in [0, 0.05) is 42.1 Å². The number of likely N-dealkylation sites (N-methyl/N-ethyl adjacent to an activating group) is 1. The monoisotopic (exact) mass is 447 g/mol. The van der Waals surface area contributed by atoms with Crippen LogP contribution in [0, 0.1) is 22.2 Å². The van der Waals surface area contributed by atoms with Gasteiger partial charge < -0.3 is 19.2 Å². The Morgan fingerprint density at radius 3 is 2.76 bits per heavy atom. The number of rotatable bonds is 6. The third-order valence-corrected chi connectivity index (χ3v) is 6.30. The maximum absolute atomic E-state index is 14.2. The standard InChI is InChI=1S/C20H24F3N3OS.ClH/c1-25(13-6-8-27-11-13)7-2-3-16-17-9-12(10-26(17)20(28)24-16)18-14(21)4-5-15(22)19(18)23;/h4-5,12-13H,2-3,6-11H2,1H3,(H,24,28);1H/t12-,13?;/m0./s1. The van der Waals surface area contributed by atoms with Crippen LogP contribution in [0.5, 0.6) is 0 Å². The van der Waals surface area contributed by atoms with Crippen LogP contribution in [0.25, 0.3) is 0 Å². The van der Waals surface area contributed by atoms with Crippen LogP contribution in [0.15, 0.2) is 12.1 Å². The first-order valence-electron chi connectivity index (χ1n) is 9.67. The molecule has 2 aliphatic rings. The molecule has 1 aromatic heterocycles. The molecule has 0 amide bonds. The summed E-state index contributed by atoms with van der Waals surface area (Å²) in [6, 6.07) is 2.29. The summed E-state index contributed by atoms with van der Waals surface area (Å²) in [5.74, 6) is -3.25. The summed E-state index contributed by atoms with van der Waals surface area (Å²) in [6.07, 6.45) is 3.27. The molecular formula is C20H25ClF3N3OS. The van der Waals surface area contributed by atoms with Gasteiger partial charge in [0.05, 0.1) is 6.61 Å². The van der Waals surface area contributed by atoms with E-state index in [0.29, 0.717) is 23.8 Å². The number of ether oxygens (including phenoxy) is 1. The van der Waals surface area contributed by atoms with E-state index in [1.165, 1.54) is 0 Å². The number of H-pyrrole nitrogens is 1. The molecule has 160 valence electrons. The van der Waals surface area contributed by atoms with Crippen LogP contribution in [0.4, 0.5) is 13.2 Å². The van der Waals surface area contributed by atoms with Crippen molar-refractivity contribution < 1.29 is 17.9 Å². The molecule has 1 aromatic carbocycles. The van der Waals surface area contributed by atoms with Crippen molar-refractivity contribution in [2.24, 2.45) is 0 Å². The number of halogens is 4.